The topological polar surface area (TPSA) is 103 Å². The largest absolute Gasteiger partial charge is 0.467 e. The summed E-state index contributed by atoms with van der Waals surface area (Å²) in [7, 11) is 1.28. The van der Waals surface area contributed by atoms with Gasteiger partial charge in [-0.1, -0.05) is 15.9 Å². The van der Waals surface area contributed by atoms with Crippen molar-refractivity contribution in [3.05, 3.63) is 28.5 Å². The van der Waals surface area contributed by atoms with E-state index in [0.717, 1.165) is 4.47 Å². The van der Waals surface area contributed by atoms with Crippen LogP contribution in [0.15, 0.2) is 22.7 Å². The monoisotopic (exact) mass is 394 g/mol. The Morgan fingerprint density at radius 1 is 1.38 bits per heavy atom. The molecular formula is C15H15BrN4O4. The molecule has 2 aromatic rings. The highest BCUT2D eigenvalue weighted by Gasteiger charge is 2.34. The number of carbonyl (C=O) groups excluding carboxylic acids is 2. The van der Waals surface area contributed by atoms with Crippen LogP contribution in [-0.2, 0) is 14.3 Å². The maximum Gasteiger partial charge on any atom is 0.328 e. The SMILES string of the molecule is COC(=O)C(NC(=O)c1nnc2ccc(Br)cc2n1)[C@@H]1CCOC1. The van der Waals surface area contributed by atoms with E-state index in [-0.39, 0.29) is 11.7 Å². The van der Waals surface area contributed by atoms with Crippen LogP contribution in [-0.4, -0.2) is 53.4 Å². The zero-order chi connectivity index (χ0) is 17.1. The summed E-state index contributed by atoms with van der Waals surface area (Å²) in [5.41, 5.74) is 1.10. The fourth-order valence-electron chi connectivity index (χ4n) is 2.52. The molecule has 2 heterocycles. The lowest BCUT2D eigenvalue weighted by atomic mass is 9.99. The number of amides is 1. The number of fused-ring (bicyclic) bond motifs is 1. The number of hydrogen-bond acceptors (Lipinski definition) is 7. The Bertz CT molecular complexity index is 779. The standard InChI is InChI=1S/C15H15BrN4O4/c1-23-15(22)12(8-4-5-24-7-8)18-14(21)13-17-11-6-9(16)2-3-10(11)19-20-13/h2-3,6,8,12H,4-5,7H2,1H3,(H,18,21)/t8-,12?/m1/s1. The van der Waals surface area contributed by atoms with Crippen molar-refractivity contribution in [3.8, 4) is 0 Å². The minimum atomic E-state index is -0.799. The molecule has 1 N–H and O–H groups in total. The van der Waals surface area contributed by atoms with Gasteiger partial charge in [-0.25, -0.2) is 9.78 Å². The second-order valence-electron chi connectivity index (χ2n) is 5.37. The van der Waals surface area contributed by atoms with Gasteiger partial charge in [0.05, 0.1) is 19.2 Å². The van der Waals surface area contributed by atoms with Gasteiger partial charge in [-0.05, 0) is 24.6 Å². The highest BCUT2D eigenvalue weighted by molar-refractivity contribution is 9.10. The van der Waals surface area contributed by atoms with Gasteiger partial charge in [0.1, 0.15) is 11.6 Å². The highest BCUT2D eigenvalue weighted by atomic mass is 79.9. The van der Waals surface area contributed by atoms with Crippen molar-refractivity contribution >= 4 is 38.8 Å². The zero-order valence-electron chi connectivity index (χ0n) is 12.9. The van der Waals surface area contributed by atoms with Crippen molar-refractivity contribution in [3.63, 3.8) is 0 Å². The Labute approximate surface area is 146 Å². The summed E-state index contributed by atoms with van der Waals surface area (Å²) < 4.78 is 10.9. The number of rotatable bonds is 4. The van der Waals surface area contributed by atoms with Crippen LogP contribution >= 0.6 is 15.9 Å². The average molecular weight is 395 g/mol. The second-order valence-corrected chi connectivity index (χ2v) is 6.28. The predicted octanol–water partition coefficient (Wildman–Crippen LogP) is 1.10. The molecule has 24 heavy (non-hydrogen) atoms. The minimum absolute atomic E-state index is 0.103. The lowest BCUT2D eigenvalue weighted by Crippen LogP contribution is -2.47. The van der Waals surface area contributed by atoms with Crippen LogP contribution in [0.5, 0.6) is 0 Å². The van der Waals surface area contributed by atoms with E-state index in [2.05, 4.69) is 36.4 Å². The Morgan fingerprint density at radius 2 is 2.21 bits per heavy atom. The normalized spacial score (nSPS) is 18.3. The molecule has 1 aromatic heterocycles. The molecule has 8 nitrogen and oxygen atoms in total. The van der Waals surface area contributed by atoms with Crippen molar-refractivity contribution in [2.45, 2.75) is 12.5 Å². The van der Waals surface area contributed by atoms with E-state index in [4.69, 9.17) is 9.47 Å². The Balaban J connectivity index is 1.82. The lowest BCUT2D eigenvalue weighted by molar-refractivity contribution is -0.144. The van der Waals surface area contributed by atoms with Gasteiger partial charge < -0.3 is 14.8 Å². The number of ether oxygens (including phenoxy) is 2. The molecule has 1 unspecified atom stereocenters. The van der Waals surface area contributed by atoms with E-state index in [1.807, 2.05) is 6.07 Å². The van der Waals surface area contributed by atoms with E-state index in [0.29, 0.717) is 30.7 Å². The van der Waals surface area contributed by atoms with Gasteiger partial charge in [0.15, 0.2) is 0 Å². The Kier molecular flexibility index (Phi) is 5.00. The summed E-state index contributed by atoms with van der Waals surface area (Å²) in [6.07, 6.45) is 0.670. The van der Waals surface area contributed by atoms with Gasteiger partial charge in [0, 0.05) is 17.0 Å². The van der Waals surface area contributed by atoms with E-state index in [1.165, 1.54) is 7.11 Å². The first-order valence-corrected chi connectivity index (χ1v) is 8.14. The van der Waals surface area contributed by atoms with Crippen molar-refractivity contribution in [2.75, 3.05) is 20.3 Å². The number of benzene rings is 1. The van der Waals surface area contributed by atoms with Crippen LogP contribution in [0.25, 0.3) is 11.0 Å². The summed E-state index contributed by atoms with van der Waals surface area (Å²) in [6, 6.07) is 4.50. The van der Waals surface area contributed by atoms with Crippen molar-refractivity contribution in [2.24, 2.45) is 5.92 Å². The number of aromatic nitrogens is 3. The third-order valence-corrected chi connectivity index (χ3v) is 4.29. The molecular weight excluding hydrogens is 380 g/mol. The van der Waals surface area contributed by atoms with E-state index < -0.39 is 17.9 Å². The minimum Gasteiger partial charge on any atom is -0.467 e. The van der Waals surface area contributed by atoms with Crippen LogP contribution in [0.4, 0.5) is 0 Å². The van der Waals surface area contributed by atoms with Crippen LogP contribution < -0.4 is 5.32 Å². The van der Waals surface area contributed by atoms with Crippen LogP contribution in [0.2, 0.25) is 0 Å². The molecule has 1 aliphatic heterocycles. The highest BCUT2D eigenvalue weighted by Crippen LogP contribution is 2.19. The van der Waals surface area contributed by atoms with Gasteiger partial charge in [-0.15, -0.1) is 10.2 Å². The maximum absolute atomic E-state index is 12.4. The van der Waals surface area contributed by atoms with Gasteiger partial charge >= 0.3 is 5.97 Å². The van der Waals surface area contributed by atoms with Crippen molar-refractivity contribution in [1.82, 2.24) is 20.5 Å². The van der Waals surface area contributed by atoms with E-state index in [9.17, 15) is 9.59 Å². The lowest BCUT2D eigenvalue weighted by Gasteiger charge is -2.20. The predicted molar refractivity (Wildman–Crippen MR) is 87.2 cm³/mol. The smallest absolute Gasteiger partial charge is 0.328 e. The fourth-order valence-corrected chi connectivity index (χ4v) is 2.87. The van der Waals surface area contributed by atoms with Gasteiger partial charge in [-0.2, -0.15) is 0 Å². The number of carbonyl (C=O) groups is 2. The molecule has 9 heteroatoms. The molecule has 1 amide bonds. The zero-order valence-corrected chi connectivity index (χ0v) is 14.4. The molecule has 0 bridgehead atoms. The van der Waals surface area contributed by atoms with Crippen LogP contribution in [0, 0.1) is 5.92 Å². The number of esters is 1. The van der Waals surface area contributed by atoms with E-state index in [1.54, 1.807) is 12.1 Å². The summed E-state index contributed by atoms with van der Waals surface area (Å²) in [6.45, 7) is 0.944. The molecule has 2 atom stereocenters. The summed E-state index contributed by atoms with van der Waals surface area (Å²) >= 11 is 3.34. The number of methoxy groups -OCH3 is 1. The van der Waals surface area contributed by atoms with Gasteiger partial charge in [0.2, 0.25) is 5.82 Å². The van der Waals surface area contributed by atoms with E-state index >= 15 is 0 Å². The Morgan fingerprint density at radius 3 is 2.92 bits per heavy atom. The number of hydrogen-bond donors (Lipinski definition) is 1. The quantitative estimate of drug-likeness (QED) is 0.774. The molecule has 3 rings (SSSR count). The molecule has 0 saturated carbocycles. The number of nitrogens with zero attached hydrogens (tertiary/aromatic N) is 3. The van der Waals surface area contributed by atoms with Gasteiger partial charge in [0.25, 0.3) is 5.91 Å². The first-order valence-electron chi connectivity index (χ1n) is 7.35. The molecule has 0 spiro atoms. The first-order chi connectivity index (χ1) is 11.6. The second kappa shape index (κ2) is 7.18. The van der Waals surface area contributed by atoms with Crippen molar-refractivity contribution < 1.29 is 19.1 Å². The summed E-state index contributed by atoms with van der Waals surface area (Å²) in [4.78, 5) is 28.6. The third-order valence-electron chi connectivity index (χ3n) is 3.80. The summed E-state index contributed by atoms with van der Waals surface area (Å²) in [5, 5.41) is 10.4. The Hall–Kier alpha value is -2.13. The van der Waals surface area contributed by atoms with Crippen molar-refractivity contribution in [1.29, 1.82) is 0 Å². The molecule has 0 aliphatic carbocycles. The van der Waals surface area contributed by atoms with Gasteiger partial charge in [-0.3, -0.25) is 4.79 Å². The molecule has 1 aliphatic rings. The molecule has 0 radical (unpaired) electrons. The van der Waals surface area contributed by atoms with Crippen LogP contribution in [0.1, 0.15) is 17.0 Å². The third kappa shape index (κ3) is 3.51. The molecule has 1 aromatic carbocycles. The maximum atomic E-state index is 12.4. The van der Waals surface area contributed by atoms with Crippen LogP contribution in [0.3, 0.4) is 0 Å². The molecule has 1 fully saturated rings. The first kappa shape index (κ1) is 16.7. The summed E-state index contributed by atoms with van der Waals surface area (Å²) in [5.74, 6) is -1.33. The number of halogens is 1. The number of nitrogens with one attached hydrogen (secondary N) is 1. The molecule has 1 saturated heterocycles. The average Bonchev–Trinajstić information content (AvgIpc) is 3.12. The fraction of sp³-hybridized carbons (Fsp3) is 0.400. The molecule has 126 valence electrons.